The number of nitrogen functional groups attached to an aromatic ring is 1. The number of rotatable bonds is 7. The molecule has 0 aromatic heterocycles. The summed E-state index contributed by atoms with van der Waals surface area (Å²) in [6.45, 7) is 2.31. The lowest BCUT2D eigenvalue weighted by molar-refractivity contribution is -0.140. The number of esters is 1. The number of anilines is 2. The van der Waals surface area contributed by atoms with E-state index in [-0.39, 0.29) is 17.3 Å². The Balaban J connectivity index is 2.84. The first-order valence-electron chi connectivity index (χ1n) is 6.10. The molecular formula is C12H19N3O4S. The van der Waals surface area contributed by atoms with E-state index >= 15 is 0 Å². The quantitative estimate of drug-likeness (QED) is 0.501. The highest BCUT2D eigenvalue weighted by molar-refractivity contribution is 7.89. The number of hydrogen-bond acceptors (Lipinski definition) is 6. The molecule has 0 saturated carbocycles. The topological polar surface area (TPSA) is 111 Å². The van der Waals surface area contributed by atoms with Gasteiger partial charge in [-0.05, 0) is 18.2 Å². The zero-order chi connectivity index (χ0) is 15.2. The molecule has 0 bridgehead atoms. The van der Waals surface area contributed by atoms with Crippen molar-refractivity contribution < 1.29 is 17.9 Å². The molecule has 0 amide bonds. The van der Waals surface area contributed by atoms with Crippen LogP contribution in [0.25, 0.3) is 0 Å². The lowest BCUT2D eigenvalue weighted by Gasteiger charge is -2.11. The summed E-state index contributed by atoms with van der Waals surface area (Å²) in [6, 6.07) is 4.37. The standard InChI is InChI=1S/C12H19N3O4S/c1-3-15-20(17,18)9-4-5-10(13)11(8-9)14-7-6-12(16)19-2/h4-5,8,14-15H,3,6-7,13H2,1-2H3. The van der Waals surface area contributed by atoms with Crippen molar-refractivity contribution >= 4 is 27.4 Å². The molecule has 1 aromatic carbocycles. The molecule has 20 heavy (non-hydrogen) atoms. The van der Waals surface area contributed by atoms with E-state index in [4.69, 9.17) is 5.73 Å². The highest BCUT2D eigenvalue weighted by Crippen LogP contribution is 2.22. The summed E-state index contributed by atoms with van der Waals surface area (Å²) in [6.07, 6.45) is 0.167. The molecule has 0 radical (unpaired) electrons. The van der Waals surface area contributed by atoms with Gasteiger partial charge in [0.15, 0.2) is 0 Å². The zero-order valence-corrected chi connectivity index (χ0v) is 12.3. The minimum atomic E-state index is -3.53. The molecule has 7 nitrogen and oxygen atoms in total. The number of nitrogens with two attached hydrogens (primary N) is 1. The largest absolute Gasteiger partial charge is 0.469 e. The molecule has 0 atom stereocenters. The van der Waals surface area contributed by atoms with Gasteiger partial charge in [-0.1, -0.05) is 6.92 Å². The van der Waals surface area contributed by atoms with Crippen LogP contribution in [0.3, 0.4) is 0 Å². The average molecular weight is 301 g/mol. The third kappa shape index (κ3) is 4.39. The van der Waals surface area contributed by atoms with E-state index in [9.17, 15) is 13.2 Å². The van der Waals surface area contributed by atoms with Gasteiger partial charge in [-0.15, -0.1) is 0 Å². The molecular weight excluding hydrogens is 282 g/mol. The lowest BCUT2D eigenvalue weighted by atomic mass is 10.2. The predicted octanol–water partition coefficient (Wildman–Crippen LogP) is 0.542. The van der Waals surface area contributed by atoms with Gasteiger partial charge < -0.3 is 15.8 Å². The summed E-state index contributed by atoms with van der Waals surface area (Å²) >= 11 is 0. The number of carbonyl (C=O) groups excluding carboxylic acids is 1. The van der Waals surface area contributed by atoms with E-state index in [0.29, 0.717) is 24.5 Å². The fraction of sp³-hybridized carbons (Fsp3) is 0.417. The molecule has 0 aliphatic heterocycles. The number of methoxy groups -OCH3 is 1. The van der Waals surface area contributed by atoms with Crippen LogP contribution in [0.4, 0.5) is 11.4 Å². The van der Waals surface area contributed by atoms with E-state index in [1.54, 1.807) is 6.92 Å². The fourth-order valence-corrected chi connectivity index (χ4v) is 2.60. The second kappa shape index (κ2) is 7.11. The monoisotopic (exact) mass is 301 g/mol. The Morgan fingerprint density at radius 2 is 2.10 bits per heavy atom. The minimum absolute atomic E-state index is 0.120. The van der Waals surface area contributed by atoms with Gasteiger partial charge in [-0.2, -0.15) is 0 Å². The molecule has 0 saturated heterocycles. The Hall–Kier alpha value is -1.80. The summed E-state index contributed by atoms with van der Waals surface area (Å²) in [5, 5.41) is 2.91. The molecule has 4 N–H and O–H groups in total. The van der Waals surface area contributed by atoms with Crippen LogP contribution < -0.4 is 15.8 Å². The Morgan fingerprint density at radius 3 is 2.70 bits per heavy atom. The number of nitrogens with one attached hydrogen (secondary N) is 2. The second-order valence-corrected chi connectivity index (χ2v) is 5.77. The Kier molecular flexibility index (Phi) is 5.78. The average Bonchev–Trinajstić information content (AvgIpc) is 2.40. The molecule has 112 valence electrons. The maximum absolute atomic E-state index is 11.9. The summed E-state index contributed by atoms with van der Waals surface area (Å²) < 4.78 is 30.7. The first kappa shape index (κ1) is 16.3. The van der Waals surface area contributed by atoms with Crippen LogP contribution in [0.15, 0.2) is 23.1 Å². The third-order valence-electron chi connectivity index (χ3n) is 2.54. The summed E-state index contributed by atoms with van der Waals surface area (Å²) in [7, 11) is -2.23. The smallest absolute Gasteiger partial charge is 0.307 e. The molecule has 0 spiro atoms. The molecule has 0 aliphatic rings. The van der Waals surface area contributed by atoms with Crippen LogP contribution in [0.2, 0.25) is 0 Å². The van der Waals surface area contributed by atoms with Gasteiger partial charge in [-0.25, -0.2) is 13.1 Å². The number of benzene rings is 1. The predicted molar refractivity (Wildman–Crippen MR) is 76.8 cm³/mol. The number of sulfonamides is 1. The molecule has 8 heteroatoms. The number of hydrogen-bond donors (Lipinski definition) is 3. The van der Waals surface area contributed by atoms with Crippen molar-refractivity contribution in [3.63, 3.8) is 0 Å². The minimum Gasteiger partial charge on any atom is -0.469 e. The first-order valence-corrected chi connectivity index (χ1v) is 7.59. The summed E-state index contributed by atoms with van der Waals surface area (Å²) in [5.41, 5.74) is 6.64. The van der Waals surface area contributed by atoms with Crippen LogP contribution in [0.5, 0.6) is 0 Å². The normalized spacial score (nSPS) is 11.1. The van der Waals surface area contributed by atoms with Gasteiger partial charge in [0.2, 0.25) is 10.0 Å². The van der Waals surface area contributed by atoms with Gasteiger partial charge in [0.25, 0.3) is 0 Å². The van der Waals surface area contributed by atoms with Gasteiger partial charge >= 0.3 is 5.97 Å². The van der Waals surface area contributed by atoms with Crippen LogP contribution in [0.1, 0.15) is 13.3 Å². The molecule has 0 unspecified atom stereocenters. The van der Waals surface area contributed by atoms with Crippen molar-refractivity contribution in [3.05, 3.63) is 18.2 Å². The van der Waals surface area contributed by atoms with Crippen LogP contribution in [-0.4, -0.2) is 34.6 Å². The molecule has 0 aliphatic carbocycles. The number of ether oxygens (including phenoxy) is 1. The van der Waals surface area contributed by atoms with Crippen molar-refractivity contribution in [2.75, 3.05) is 31.2 Å². The van der Waals surface area contributed by atoms with Crippen molar-refractivity contribution in [2.24, 2.45) is 0 Å². The van der Waals surface area contributed by atoms with E-state index in [1.165, 1.54) is 25.3 Å². The zero-order valence-electron chi connectivity index (χ0n) is 11.5. The number of carbonyl (C=O) groups is 1. The Labute approximate surface area is 118 Å². The van der Waals surface area contributed by atoms with Crippen molar-refractivity contribution in [2.45, 2.75) is 18.2 Å². The van der Waals surface area contributed by atoms with Crippen LogP contribution >= 0.6 is 0 Å². The van der Waals surface area contributed by atoms with Crippen molar-refractivity contribution in [1.29, 1.82) is 0 Å². The fourth-order valence-electron chi connectivity index (χ4n) is 1.53. The summed E-state index contributed by atoms with van der Waals surface area (Å²) in [4.78, 5) is 11.1. The lowest BCUT2D eigenvalue weighted by Crippen LogP contribution is -2.23. The van der Waals surface area contributed by atoms with Crippen LogP contribution in [0, 0.1) is 0 Å². The van der Waals surface area contributed by atoms with Gasteiger partial charge in [0, 0.05) is 13.1 Å². The van der Waals surface area contributed by atoms with Crippen LogP contribution in [-0.2, 0) is 19.6 Å². The SMILES string of the molecule is CCNS(=O)(=O)c1ccc(N)c(NCCC(=O)OC)c1. The molecule has 0 heterocycles. The van der Waals surface area contributed by atoms with Gasteiger partial charge in [0.05, 0.1) is 29.8 Å². The van der Waals surface area contributed by atoms with Crippen molar-refractivity contribution in [3.8, 4) is 0 Å². The highest BCUT2D eigenvalue weighted by atomic mass is 32.2. The second-order valence-electron chi connectivity index (χ2n) is 4.00. The third-order valence-corrected chi connectivity index (χ3v) is 4.08. The van der Waals surface area contributed by atoms with E-state index in [1.807, 2.05) is 0 Å². The van der Waals surface area contributed by atoms with Gasteiger partial charge in [-0.3, -0.25) is 4.79 Å². The van der Waals surface area contributed by atoms with E-state index in [0.717, 1.165) is 0 Å². The van der Waals surface area contributed by atoms with Gasteiger partial charge in [0.1, 0.15) is 0 Å². The highest BCUT2D eigenvalue weighted by Gasteiger charge is 2.14. The Bertz CT molecular complexity index is 572. The summed E-state index contributed by atoms with van der Waals surface area (Å²) in [5.74, 6) is -0.354. The van der Waals surface area contributed by atoms with Crippen molar-refractivity contribution in [1.82, 2.24) is 4.72 Å². The van der Waals surface area contributed by atoms with E-state index < -0.39 is 10.0 Å². The Morgan fingerprint density at radius 1 is 1.40 bits per heavy atom. The molecule has 1 aromatic rings. The van der Waals surface area contributed by atoms with E-state index in [2.05, 4.69) is 14.8 Å². The first-order chi connectivity index (χ1) is 9.40. The maximum atomic E-state index is 11.9. The molecule has 0 fully saturated rings. The maximum Gasteiger partial charge on any atom is 0.307 e. The molecule has 1 rings (SSSR count).